The molecule has 2 N–H and O–H groups in total. The van der Waals surface area contributed by atoms with E-state index in [1.807, 2.05) is 0 Å². The maximum absolute atomic E-state index is 13.2. The molecule has 0 bridgehead atoms. The highest BCUT2D eigenvalue weighted by atomic mass is 35.5. The second-order valence-corrected chi connectivity index (χ2v) is 4.64. The van der Waals surface area contributed by atoms with Crippen molar-refractivity contribution in [1.29, 1.82) is 0 Å². The standard InChI is InChI=1S/C12H10Cl2FN3O/c13-8-4-16-12(17-5-8)18-6-11(19)7-1-2-9(14)10(15)3-7/h1-5,11,19H,6H2,(H,16,17,18)/t11-/m0/s1. The van der Waals surface area contributed by atoms with E-state index in [0.717, 1.165) is 0 Å². The number of nitrogens with zero attached hydrogens (tertiary/aromatic N) is 2. The predicted molar refractivity (Wildman–Crippen MR) is 71.9 cm³/mol. The lowest BCUT2D eigenvalue weighted by Gasteiger charge is -2.12. The van der Waals surface area contributed by atoms with Gasteiger partial charge in [0.15, 0.2) is 0 Å². The molecule has 1 aromatic heterocycles. The number of rotatable bonds is 4. The third-order valence-corrected chi connectivity index (χ3v) is 2.90. The number of aliphatic hydroxyl groups is 1. The van der Waals surface area contributed by atoms with Crippen LogP contribution >= 0.6 is 23.2 Å². The van der Waals surface area contributed by atoms with Crippen molar-refractivity contribution in [3.05, 3.63) is 52.0 Å². The van der Waals surface area contributed by atoms with Gasteiger partial charge in [-0.15, -0.1) is 0 Å². The molecule has 19 heavy (non-hydrogen) atoms. The van der Waals surface area contributed by atoms with Crippen molar-refractivity contribution in [3.63, 3.8) is 0 Å². The molecule has 0 saturated carbocycles. The molecular formula is C12H10Cl2FN3O. The molecule has 0 amide bonds. The molecule has 100 valence electrons. The lowest BCUT2D eigenvalue weighted by molar-refractivity contribution is 0.191. The minimum atomic E-state index is -0.897. The summed E-state index contributed by atoms with van der Waals surface area (Å²) in [6.07, 6.45) is 1.97. The molecule has 1 heterocycles. The van der Waals surface area contributed by atoms with E-state index in [9.17, 15) is 9.50 Å². The summed E-state index contributed by atoms with van der Waals surface area (Å²) in [5.74, 6) is -0.237. The molecule has 0 radical (unpaired) electrons. The number of halogens is 3. The number of aromatic nitrogens is 2. The van der Waals surface area contributed by atoms with Gasteiger partial charge < -0.3 is 10.4 Å². The predicted octanol–water partition coefficient (Wildman–Crippen LogP) is 3.07. The average Bonchev–Trinajstić information content (AvgIpc) is 2.41. The van der Waals surface area contributed by atoms with Crippen LogP contribution in [0.2, 0.25) is 10.0 Å². The van der Waals surface area contributed by atoms with Gasteiger partial charge in [0.25, 0.3) is 0 Å². The molecule has 0 aliphatic heterocycles. The molecule has 0 aliphatic carbocycles. The van der Waals surface area contributed by atoms with Gasteiger partial charge in [-0.05, 0) is 17.7 Å². The van der Waals surface area contributed by atoms with Gasteiger partial charge in [-0.3, -0.25) is 0 Å². The number of benzene rings is 1. The average molecular weight is 302 g/mol. The van der Waals surface area contributed by atoms with Gasteiger partial charge in [0.2, 0.25) is 5.95 Å². The molecule has 1 aromatic carbocycles. The van der Waals surface area contributed by atoms with Gasteiger partial charge in [-0.2, -0.15) is 0 Å². The number of hydrogen-bond acceptors (Lipinski definition) is 4. The molecule has 0 aliphatic rings. The fourth-order valence-corrected chi connectivity index (χ4v) is 1.64. The van der Waals surface area contributed by atoms with Gasteiger partial charge in [-0.1, -0.05) is 29.3 Å². The number of nitrogens with one attached hydrogen (secondary N) is 1. The topological polar surface area (TPSA) is 58.0 Å². The minimum Gasteiger partial charge on any atom is -0.387 e. The monoisotopic (exact) mass is 301 g/mol. The fourth-order valence-electron chi connectivity index (χ4n) is 1.43. The summed E-state index contributed by atoms with van der Waals surface area (Å²) in [5, 5.41) is 13.2. The van der Waals surface area contributed by atoms with Crippen molar-refractivity contribution in [3.8, 4) is 0 Å². The zero-order valence-corrected chi connectivity index (χ0v) is 11.2. The van der Waals surface area contributed by atoms with Crippen LogP contribution in [0.25, 0.3) is 0 Å². The quantitative estimate of drug-likeness (QED) is 0.911. The van der Waals surface area contributed by atoms with Crippen molar-refractivity contribution >= 4 is 29.2 Å². The van der Waals surface area contributed by atoms with Gasteiger partial charge >= 0.3 is 0 Å². The van der Waals surface area contributed by atoms with E-state index in [1.54, 1.807) is 6.07 Å². The Morgan fingerprint density at radius 3 is 2.58 bits per heavy atom. The molecule has 0 saturated heterocycles. The summed E-state index contributed by atoms with van der Waals surface area (Å²) in [6.45, 7) is 0.142. The number of anilines is 1. The molecule has 0 fully saturated rings. The van der Waals surface area contributed by atoms with Crippen LogP contribution in [-0.2, 0) is 0 Å². The van der Waals surface area contributed by atoms with Crippen LogP contribution in [0.5, 0.6) is 0 Å². The summed E-state index contributed by atoms with van der Waals surface area (Å²) in [6, 6.07) is 4.14. The third kappa shape index (κ3) is 3.76. The summed E-state index contributed by atoms with van der Waals surface area (Å²) in [4.78, 5) is 7.83. The van der Waals surface area contributed by atoms with E-state index >= 15 is 0 Å². The highest BCUT2D eigenvalue weighted by Crippen LogP contribution is 2.20. The van der Waals surface area contributed by atoms with Gasteiger partial charge in [0.1, 0.15) is 5.82 Å². The molecule has 4 nitrogen and oxygen atoms in total. The Hall–Kier alpha value is -1.43. The molecule has 0 unspecified atom stereocenters. The van der Waals surface area contributed by atoms with E-state index in [-0.39, 0.29) is 11.6 Å². The zero-order valence-electron chi connectivity index (χ0n) is 9.65. The Morgan fingerprint density at radius 1 is 1.26 bits per heavy atom. The molecular weight excluding hydrogens is 292 g/mol. The normalized spacial score (nSPS) is 12.2. The Bertz CT molecular complexity index is 565. The highest BCUT2D eigenvalue weighted by molar-refractivity contribution is 6.30. The molecule has 2 aromatic rings. The van der Waals surface area contributed by atoms with Crippen molar-refractivity contribution in [1.82, 2.24) is 9.97 Å². The van der Waals surface area contributed by atoms with Crippen LogP contribution in [0.4, 0.5) is 10.3 Å². The first-order valence-corrected chi connectivity index (χ1v) is 6.16. The zero-order chi connectivity index (χ0) is 13.8. The Balaban J connectivity index is 1.98. The third-order valence-electron chi connectivity index (χ3n) is 2.40. The van der Waals surface area contributed by atoms with E-state index in [2.05, 4.69) is 15.3 Å². The van der Waals surface area contributed by atoms with Crippen LogP contribution in [0.1, 0.15) is 11.7 Å². The first-order chi connectivity index (χ1) is 9.06. The van der Waals surface area contributed by atoms with Gasteiger partial charge in [-0.25, -0.2) is 14.4 Å². The molecule has 0 spiro atoms. The fraction of sp³-hybridized carbons (Fsp3) is 0.167. The second kappa shape index (κ2) is 6.14. The summed E-state index contributed by atoms with van der Waals surface area (Å²) < 4.78 is 13.2. The Kier molecular flexibility index (Phi) is 4.52. The van der Waals surface area contributed by atoms with Crippen LogP contribution in [0, 0.1) is 5.82 Å². The van der Waals surface area contributed by atoms with Crippen molar-refractivity contribution in [2.45, 2.75) is 6.10 Å². The second-order valence-electron chi connectivity index (χ2n) is 3.80. The van der Waals surface area contributed by atoms with E-state index < -0.39 is 11.9 Å². The van der Waals surface area contributed by atoms with Crippen LogP contribution < -0.4 is 5.32 Å². The smallest absolute Gasteiger partial charge is 0.222 e. The number of hydrogen-bond donors (Lipinski definition) is 2. The Labute approximate surface area is 119 Å². The summed E-state index contributed by atoms with van der Waals surface area (Å²) >= 11 is 11.2. The lowest BCUT2D eigenvalue weighted by atomic mass is 10.1. The lowest BCUT2D eigenvalue weighted by Crippen LogP contribution is -2.14. The van der Waals surface area contributed by atoms with Crippen molar-refractivity contribution < 1.29 is 9.50 Å². The summed E-state index contributed by atoms with van der Waals surface area (Å²) in [7, 11) is 0. The first-order valence-electron chi connectivity index (χ1n) is 5.40. The maximum Gasteiger partial charge on any atom is 0.222 e. The minimum absolute atomic E-state index is 0.0185. The van der Waals surface area contributed by atoms with Gasteiger partial charge in [0, 0.05) is 6.54 Å². The van der Waals surface area contributed by atoms with E-state index in [0.29, 0.717) is 16.5 Å². The van der Waals surface area contributed by atoms with Crippen molar-refractivity contribution in [2.75, 3.05) is 11.9 Å². The Morgan fingerprint density at radius 2 is 1.95 bits per heavy atom. The van der Waals surface area contributed by atoms with Crippen molar-refractivity contribution in [2.24, 2.45) is 0 Å². The van der Waals surface area contributed by atoms with Crippen LogP contribution in [0.15, 0.2) is 30.6 Å². The highest BCUT2D eigenvalue weighted by Gasteiger charge is 2.10. The maximum atomic E-state index is 13.2. The number of aliphatic hydroxyl groups excluding tert-OH is 1. The largest absolute Gasteiger partial charge is 0.387 e. The first kappa shape index (κ1) is 14.0. The SMILES string of the molecule is O[C@@H](CNc1ncc(Cl)cn1)c1ccc(Cl)c(F)c1. The van der Waals surface area contributed by atoms with Crippen LogP contribution in [-0.4, -0.2) is 21.6 Å². The van der Waals surface area contributed by atoms with E-state index in [1.165, 1.54) is 24.5 Å². The molecule has 1 atom stereocenters. The summed E-state index contributed by atoms with van der Waals surface area (Å²) in [5.41, 5.74) is 0.420. The van der Waals surface area contributed by atoms with E-state index in [4.69, 9.17) is 23.2 Å². The molecule has 2 rings (SSSR count). The van der Waals surface area contributed by atoms with Gasteiger partial charge in [0.05, 0.1) is 28.5 Å². The molecule has 7 heteroatoms. The van der Waals surface area contributed by atoms with Crippen LogP contribution in [0.3, 0.4) is 0 Å².